The molecule has 3 rings (SSSR count). The Hall–Kier alpha value is -1.14. The number of piperazine rings is 1. The molecule has 1 atom stereocenters. The number of ether oxygens (including phenoxy) is 1. The lowest BCUT2D eigenvalue weighted by atomic mass is 10.2. The number of nitrogens with zero attached hydrogens (tertiary/aromatic N) is 2. The first-order chi connectivity index (χ1) is 9.25. The van der Waals surface area contributed by atoms with Crippen LogP contribution in [-0.4, -0.2) is 73.6 Å². The molecule has 2 saturated heterocycles. The fourth-order valence-corrected chi connectivity index (χ4v) is 2.66. The number of rotatable bonds is 2. The molecule has 0 unspecified atom stereocenters. The predicted molar refractivity (Wildman–Crippen MR) is 68.5 cm³/mol. The maximum atomic E-state index is 12.2. The van der Waals surface area contributed by atoms with Gasteiger partial charge in [0.1, 0.15) is 6.10 Å². The van der Waals surface area contributed by atoms with Gasteiger partial charge in [-0.15, -0.1) is 0 Å². The normalized spacial score (nSPS) is 28.3. The quantitative estimate of drug-likeness (QED) is 0.701. The van der Waals surface area contributed by atoms with Crippen molar-refractivity contribution in [2.75, 3.05) is 45.9 Å². The van der Waals surface area contributed by atoms with E-state index in [9.17, 15) is 9.59 Å². The molecule has 3 fully saturated rings. The van der Waals surface area contributed by atoms with Gasteiger partial charge in [-0.25, -0.2) is 0 Å². The first-order valence-corrected chi connectivity index (χ1v) is 7.15. The number of carbonyl (C=O) groups is 2. The van der Waals surface area contributed by atoms with Crippen LogP contribution < -0.4 is 5.32 Å². The first kappa shape index (κ1) is 12.9. The van der Waals surface area contributed by atoms with Crippen LogP contribution in [0.2, 0.25) is 0 Å². The number of amides is 2. The van der Waals surface area contributed by atoms with Gasteiger partial charge in [-0.1, -0.05) is 0 Å². The van der Waals surface area contributed by atoms with Crippen LogP contribution in [0.3, 0.4) is 0 Å². The van der Waals surface area contributed by atoms with Crippen LogP contribution in [0.5, 0.6) is 0 Å². The van der Waals surface area contributed by atoms with Gasteiger partial charge in [-0.2, -0.15) is 0 Å². The second-order valence-electron chi connectivity index (χ2n) is 5.49. The summed E-state index contributed by atoms with van der Waals surface area (Å²) < 4.78 is 5.48. The van der Waals surface area contributed by atoms with Gasteiger partial charge in [-0.3, -0.25) is 9.59 Å². The molecule has 0 aromatic heterocycles. The van der Waals surface area contributed by atoms with E-state index >= 15 is 0 Å². The second kappa shape index (κ2) is 5.46. The summed E-state index contributed by atoms with van der Waals surface area (Å²) >= 11 is 0. The van der Waals surface area contributed by atoms with Crippen molar-refractivity contribution in [3.63, 3.8) is 0 Å². The molecule has 0 aromatic carbocycles. The average Bonchev–Trinajstić information content (AvgIpc) is 3.31. The molecule has 0 aromatic rings. The number of hydrogen-bond donors (Lipinski definition) is 1. The Morgan fingerprint density at radius 2 is 1.63 bits per heavy atom. The Morgan fingerprint density at radius 3 is 2.16 bits per heavy atom. The van der Waals surface area contributed by atoms with Crippen LogP contribution in [0.1, 0.15) is 12.8 Å². The Kier molecular flexibility index (Phi) is 3.70. The SMILES string of the molecule is O=C(C1CC1)N1CCN(C(=O)[C@H]2CNCCO2)CC1. The zero-order valence-electron chi connectivity index (χ0n) is 11.1. The fraction of sp³-hybridized carbons (Fsp3) is 0.846. The van der Waals surface area contributed by atoms with Gasteiger partial charge >= 0.3 is 0 Å². The number of nitrogens with one attached hydrogen (secondary N) is 1. The van der Waals surface area contributed by atoms with Crippen molar-refractivity contribution in [1.82, 2.24) is 15.1 Å². The van der Waals surface area contributed by atoms with E-state index in [1.807, 2.05) is 9.80 Å². The highest BCUT2D eigenvalue weighted by Crippen LogP contribution is 2.31. The highest BCUT2D eigenvalue weighted by molar-refractivity contribution is 5.83. The lowest BCUT2D eigenvalue weighted by molar-refractivity contribution is -0.149. The minimum Gasteiger partial charge on any atom is -0.366 e. The molecule has 0 radical (unpaired) electrons. The van der Waals surface area contributed by atoms with Crippen LogP contribution in [0, 0.1) is 5.92 Å². The Labute approximate surface area is 113 Å². The highest BCUT2D eigenvalue weighted by atomic mass is 16.5. The maximum absolute atomic E-state index is 12.2. The molecular formula is C13H21N3O3. The lowest BCUT2D eigenvalue weighted by Crippen LogP contribution is -2.56. The van der Waals surface area contributed by atoms with E-state index in [1.165, 1.54) is 0 Å². The standard InChI is InChI=1S/C13H21N3O3/c17-12(10-1-2-10)15-4-6-16(7-5-15)13(18)11-9-14-3-8-19-11/h10-11,14H,1-9H2/t11-/m1/s1. The fourth-order valence-electron chi connectivity index (χ4n) is 2.66. The molecule has 0 bridgehead atoms. The molecule has 2 heterocycles. The van der Waals surface area contributed by atoms with E-state index < -0.39 is 0 Å². The number of morpholine rings is 1. The monoisotopic (exact) mass is 267 g/mol. The smallest absolute Gasteiger partial charge is 0.253 e. The number of hydrogen-bond acceptors (Lipinski definition) is 4. The summed E-state index contributed by atoms with van der Waals surface area (Å²) in [6, 6.07) is 0. The summed E-state index contributed by atoms with van der Waals surface area (Å²) in [4.78, 5) is 27.9. The summed E-state index contributed by atoms with van der Waals surface area (Å²) in [7, 11) is 0. The molecule has 1 aliphatic carbocycles. The predicted octanol–water partition coefficient (Wildman–Crippen LogP) is -0.944. The zero-order valence-corrected chi connectivity index (χ0v) is 11.1. The van der Waals surface area contributed by atoms with Crippen molar-refractivity contribution in [3.8, 4) is 0 Å². The first-order valence-electron chi connectivity index (χ1n) is 7.15. The van der Waals surface area contributed by atoms with Gasteiger partial charge in [0.05, 0.1) is 6.61 Å². The van der Waals surface area contributed by atoms with Gasteiger partial charge in [0.25, 0.3) is 5.91 Å². The Morgan fingerprint density at radius 1 is 1.00 bits per heavy atom. The molecule has 6 nitrogen and oxygen atoms in total. The molecule has 2 amide bonds. The van der Waals surface area contributed by atoms with Crippen molar-refractivity contribution in [2.45, 2.75) is 18.9 Å². The molecule has 1 saturated carbocycles. The summed E-state index contributed by atoms with van der Waals surface area (Å²) in [5.74, 6) is 0.613. The van der Waals surface area contributed by atoms with E-state index in [2.05, 4.69) is 5.32 Å². The van der Waals surface area contributed by atoms with Gasteiger partial charge in [-0.05, 0) is 12.8 Å². The van der Waals surface area contributed by atoms with Crippen LogP contribution >= 0.6 is 0 Å². The molecule has 1 N–H and O–H groups in total. The van der Waals surface area contributed by atoms with Crippen LogP contribution in [-0.2, 0) is 14.3 Å². The Balaban J connectivity index is 1.48. The molecule has 3 aliphatic rings. The molecule has 0 spiro atoms. The summed E-state index contributed by atoms with van der Waals surface area (Å²) in [6.07, 6.45) is 1.73. The summed E-state index contributed by atoms with van der Waals surface area (Å²) in [6.45, 7) is 4.61. The molecule has 2 aliphatic heterocycles. The van der Waals surface area contributed by atoms with Crippen molar-refractivity contribution >= 4 is 11.8 Å². The van der Waals surface area contributed by atoms with Crippen molar-refractivity contribution in [3.05, 3.63) is 0 Å². The minimum absolute atomic E-state index is 0.0609. The molecule has 106 valence electrons. The topological polar surface area (TPSA) is 61.9 Å². The highest BCUT2D eigenvalue weighted by Gasteiger charge is 2.36. The van der Waals surface area contributed by atoms with Gasteiger partial charge < -0.3 is 19.9 Å². The summed E-state index contributed by atoms with van der Waals surface area (Å²) in [5, 5.41) is 3.17. The van der Waals surface area contributed by atoms with E-state index in [-0.39, 0.29) is 23.8 Å². The van der Waals surface area contributed by atoms with Crippen LogP contribution in [0.4, 0.5) is 0 Å². The third kappa shape index (κ3) is 2.90. The third-order valence-electron chi connectivity index (χ3n) is 4.03. The van der Waals surface area contributed by atoms with Crippen molar-refractivity contribution in [1.29, 1.82) is 0 Å². The average molecular weight is 267 g/mol. The Bertz CT molecular complexity index is 356. The maximum Gasteiger partial charge on any atom is 0.253 e. The largest absolute Gasteiger partial charge is 0.366 e. The van der Waals surface area contributed by atoms with Crippen molar-refractivity contribution < 1.29 is 14.3 Å². The molecule has 19 heavy (non-hydrogen) atoms. The second-order valence-corrected chi connectivity index (χ2v) is 5.49. The van der Waals surface area contributed by atoms with E-state index in [0.29, 0.717) is 39.3 Å². The molecule has 6 heteroatoms. The number of carbonyl (C=O) groups excluding carboxylic acids is 2. The van der Waals surface area contributed by atoms with Crippen molar-refractivity contribution in [2.24, 2.45) is 5.92 Å². The van der Waals surface area contributed by atoms with Gasteiger partial charge in [0.15, 0.2) is 0 Å². The van der Waals surface area contributed by atoms with Gasteiger partial charge in [0.2, 0.25) is 5.91 Å². The van der Waals surface area contributed by atoms with E-state index in [0.717, 1.165) is 19.4 Å². The van der Waals surface area contributed by atoms with Crippen LogP contribution in [0.25, 0.3) is 0 Å². The zero-order chi connectivity index (χ0) is 13.2. The summed E-state index contributed by atoms with van der Waals surface area (Å²) in [5.41, 5.74) is 0. The third-order valence-corrected chi connectivity index (χ3v) is 4.03. The van der Waals surface area contributed by atoms with Gasteiger partial charge in [0, 0.05) is 45.2 Å². The van der Waals surface area contributed by atoms with Crippen LogP contribution in [0.15, 0.2) is 0 Å². The van der Waals surface area contributed by atoms with E-state index in [4.69, 9.17) is 4.74 Å². The van der Waals surface area contributed by atoms with E-state index in [1.54, 1.807) is 0 Å². The minimum atomic E-state index is -0.348. The molecular weight excluding hydrogens is 246 g/mol. The lowest BCUT2D eigenvalue weighted by Gasteiger charge is -2.37.